The number of benzene rings is 1. The average molecular weight is 323 g/mol. The highest BCUT2D eigenvalue weighted by molar-refractivity contribution is 5.92. The number of likely N-dealkylation sites (N-methyl/N-ethyl adjacent to an activating group) is 1. The fourth-order valence-corrected chi connectivity index (χ4v) is 3.23. The summed E-state index contributed by atoms with van der Waals surface area (Å²) in [6.07, 6.45) is 5.00. The first-order valence-corrected chi connectivity index (χ1v) is 8.74. The molecule has 4 heteroatoms. The number of aryl methyl sites for hydroxylation is 2. The number of amides is 1. The van der Waals surface area contributed by atoms with Gasteiger partial charge < -0.3 is 4.90 Å². The van der Waals surface area contributed by atoms with Gasteiger partial charge in [0.25, 0.3) is 5.91 Å². The summed E-state index contributed by atoms with van der Waals surface area (Å²) in [6.45, 7) is 6.67. The van der Waals surface area contributed by atoms with Crippen LogP contribution in [0.2, 0.25) is 0 Å². The second-order valence-electron chi connectivity index (χ2n) is 6.67. The Kier molecular flexibility index (Phi) is 4.93. The molecule has 1 atom stereocenters. The van der Waals surface area contributed by atoms with Crippen LogP contribution < -0.4 is 0 Å². The predicted molar refractivity (Wildman–Crippen MR) is 94.9 cm³/mol. The van der Waals surface area contributed by atoms with E-state index >= 15 is 0 Å². The van der Waals surface area contributed by atoms with Gasteiger partial charge in [0.2, 0.25) is 0 Å². The van der Waals surface area contributed by atoms with Gasteiger partial charge in [-0.15, -0.1) is 0 Å². The minimum atomic E-state index is 0.0204. The number of carbonyl (C=O) groups excluding carboxylic acids is 1. The smallest absolute Gasteiger partial charge is 0.272 e. The van der Waals surface area contributed by atoms with Crippen molar-refractivity contribution in [1.29, 1.82) is 0 Å². The fraction of sp³-hybridized carbons (Fsp3) is 0.450. The van der Waals surface area contributed by atoms with Crippen molar-refractivity contribution in [3.05, 3.63) is 59.2 Å². The van der Waals surface area contributed by atoms with Crippen LogP contribution in [0.15, 0.2) is 36.5 Å². The van der Waals surface area contributed by atoms with E-state index in [2.05, 4.69) is 48.1 Å². The average Bonchev–Trinajstić information content (AvgIpc) is 3.41. The summed E-state index contributed by atoms with van der Waals surface area (Å²) in [5.74, 6) is 1.27. The van der Waals surface area contributed by atoms with Crippen LogP contribution in [0.5, 0.6) is 0 Å². The molecular formula is C20H25N3O. The fourth-order valence-electron chi connectivity index (χ4n) is 3.23. The third kappa shape index (κ3) is 3.81. The van der Waals surface area contributed by atoms with Crippen molar-refractivity contribution < 1.29 is 4.79 Å². The number of carbonyl (C=O) groups is 1. The van der Waals surface area contributed by atoms with Crippen LogP contribution in [0.3, 0.4) is 0 Å². The van der Waals surface area contributed by atoms with Gasteiger partial charge in [0.1, 0.15) is 11.5 Å². The van der Waals surface area contributed by atoms with E-state index in [0.29, 0.717) is 24.0 Å². The van der Waals surface area contributed by atoms with E-state index in [4.69, 9.17) is 0 Å². The van der Waals surface area contributed by atoms with Gasteiger partial charge in [-0.2, -0.15) is 0 Å². The number of hydrogen-bond donors (Lipinski definition) is 0. The normalized spacial score (nSPS) is 15.1. The zero-order valence-electron chi connectivity index (χ0n) is 14.7. The van der Waals surface area contributed by atoms with Crippen molar-refractivity contribution in [3.63, 3.8) is 0 Å². The van der Waals surface area contributed by atoms with Gasteiger partial charge in [-0.3, -0.25) is 4.79 Å². The number of nitrogens with zero attached hydrogens (tertiary/aromatic N) is 3. The minimum absolute atomic E-state index is 0.0204. The van der Waals surface area contributed by atoms with Crippen molar-refractivity contribution in [1.82, 2.24) is 14.9 Å². The van der Waals surface area contributed by atoms with Crippen LogP contribution in [-0.2, 0) is 6.42 Å². The van der Waals surface area contributed by atoms with Crippen LogP contribution >= 0.6 is 0 Å². The summed E-state index contributed by atoms with van der Waals surface area (Å²) in [6, 6.07) is 10.6. The SMILES string of the molecule is CCN(C(=O)c1ccnc(C)n1)[C@H](Cc1ccc(C)cc1)C1CC1. The van der Waals surface area contributed by atoms with Gasteiger partial charge in [0.15, 0.2) is 0 Å². The summed E-state index contributed by atoms with van der Waals surface area (Å²) in [5.41, 5.74) is 3.06. The van der Waals surface area contributed by atoms with Crippen LogP contribution in [-0.4, -0.2) is 33.4 Å². The van der Waals surface area contributed by atoms with E-state index in [9.17, 15) is 4.79 Å². The zero-order chi connectivity index (χ0) is 17.1. The van der Waals surface area contributed by atoms with E-state index in [1.807, 2.05) is 11.8 Å². The lowest BCUT2D eigenvalue weighted by molar-refractivity contribution is 0.0659. The monoisotopic (exact) mass is 323 g/mol. The van der Waals surface area contributed by atoms with Gasteiger partial charge in [-0.25, -0.2) is 9.97 Å². The van der Waals surface area contributed by atoms with Crippen LogP contribution in [0.1, 0.15) is 47.2 Å². The summed E-state index contributed by atoms with van der Waals surface area (Å²) < 4.78 is 0. The first-order chi connectivity index (χ1) is 11.6. The van der Waals surface area contributed by atoms with Crippen LogP contribution in [0, 0.1) is 19.8 Å². The molecule has 0 aliphatic heterocycles. The summed E-state index contributed by atoms with van der Waals surface area (Å²) >= 11 is 0. The zero-order valence-corrected chi connectivity index (χ0v) is 14.7. The van der Waals surface area contributed by atoms with Gasteiger partial charge in [0.05, 0.1) is 0 Å². The molecule has 0 saturated heterocycles. The van der Waals surface area contributed by atoms with Crippen molar-refractivity contribution >= 4 is 5.91 Å². The standard InChI is InChI=1S/C20H25N3O/c1-4-23(20(24)18-11-12-21-15(3)22-18)19(17-9-10-17)13-16-7-5-14(2)6-8-16/h5-8,11-12,17,19H,4,9-10,13H2,1-3H3/t19-/m1/s1. The van der Waals surface area contributed by atoms with Gasteiger partial charge in [-0.1, -0.05) is 29.8 Å². The van der Waals surface area contributed by atoms with Gasteiger partial charge in [0, 0.05) is 18.8 Å². The number of hydrogen-bond acceptors (Lipinski definition) is 3. The third-order valence-corrected chi connectivity index (χ3v) is 4.73. The van der Waals surface area contributed by atoms with E-state index in [1.54, 1.807) is 12.3 Å². The first kappa shape index (κ1) is 16.6. The molecule has 1 fully saturated rings. The minimum Gasteiger partial charge on any atom is -0.334 e. The van der Waals surface area contributed by atoms with Crippen molar-refractivity contribution in [2.75, 3.05) is 6.54 Å². The molecule has 0 unspecified atom stereocenters. The second kappa shape index (κ2) is 7.12. The predicted octanol–water partition coefficient (Wildman–Crippen LogP) is 3.58. The van der Waals surface area contributed by atoms with E-state index in [1.165, 1.54) is 24.0 Å². The molecule has 4 nitrogen and oxygen atoms in total. The molecule has 1 heterocycles. The summed E-state index contributed by atoms with van der Waals surface area (Å²) in [7, 11) is 0. The summed E-state index contributed by atoms with van der Waals surface area (Å²) in [4.78, 5) is 23.4. The molecule has 3 rings (SSSR count). The Hall–Kier alpha value is -2.23. The molecule has 0 radical (unpaired) electrons. The maximum Gasteiger partial charge on any atom is 0.272 e. The van der Waals surface area contributed by atoms with Gasteiger partial charge in [-0.05, 0) is 57.6 Å². The lowest BCUT2D eigenvalue weighted by Crippen LogP contribution is -2.43. The van der Waals surface area contributed by atoms with Crippen LogP contribution in [0.4, 0.5) is 0 Å². The largest absolute Gasteiger partial charge is 0.334 e. The Labute approximate surface area is 143 Å². The molecule has 1 aliphatic rings. The molecule has 1 aliphatic carbocycles. The van der Waals surface area contributed by atoms with Gasteiger partial charge >= 0.3 is 0 Å². The van der Waals surface area contributed by atoms with E-state index in [0.717, 1.165) is 6.42 Å². The lowest BCUT2D eigenvalue weighted by Gasteiger charge is -2.31. The van der Waals surface area contributed by atoms with Crippen molar-refractivity contribution in [2.24, 2.45) is 5.92 Å². The maximum absolute atomic E-state index is 13.0. The number of rotatable bonds is 6. The molecule has 0 bridgehead atoms. The van der Waals surface area contributed by atoms with Crippen molar-refractivity contribution in [3.8, 4) is 0 Å². The highest BCUT2D eigenvalue weighted by Crippen LogP contribution is 2.37. The van der Waals surface area contributed by atoms with E-state index < -0.39 is 0 Å². The third-order valence-electron chi connectivity index (χ3n) is 4.73. The molecule has 1 saturated carbocycles. The molecular weight excluding hydrogens is 298 g/mol. The summed E-state index contributed by atoms with van der Waals surface area (Å²) in [5, 5.41) is 0. The van der Waals surface area contributed by atoms with Crippen LogP contribution in [0.25, 0.3) is 0 Å². The van der Waals surface area contributed by atoms with E-state index in [-0.39, 0.29) is 11.9 Å². The Morgan fingerprint density at radius 2 is 1.92 bits per heavy atom. The highest BCUT2D eigenvalue weighted by atomic mass is 16.2. The Morgan fingerprint density at radius 1 is 1.21 bits per heavy atom. The molecule has 0 spiro atoms. The molecule has 0 N–H and O–H groups in total. The van der Waals surface area contributed by atoms with Crippen molar-refractivity contribution in [2.45, 2.75) is 46.1 Å². The highest BCUT2D eigenvalue weighted by Gasteiger charge is 2.37. The molecule has 24 heavy (non-hydrogen) atoms. The Bertz CT molecular complexity index is 707. The molecule has 1 amide bonds. The Balaban J connectivity index is 1.82. The lowest BCUT2D eigenvalue weighted by atomic mass is 9.99. The molecule has 2 aromatic rings. The number of aromatic nitrogens is 2. The second-order valence-corrected chi connectivity index (χ2v) is 6.67. The molecule has 1 aromatic heterocycles. The molecule has 126 valence electrons. The first-order valence-electron chi connectivity index (χ1n) is 8.74. The Morgan fingerprint density at radius 3 is 2.50 bits per heavy atom. The topological polar surface area (TPSA) is 46.1 Å². The molecule has 1 aromatic carbocycles. The maximum atomic E-state index is 13.0. The quantitative estimate of drug-likeness (QED) is 0.816.